The van der Waals surface area contributed by atoms with Crippen LogP contribution in [0.2, 0.25) is 0 Å². The number of hydrogen-bond donors (Lipinski definition) is 2. The quantitative estimate of drug-likeness (QED) is 0.411. The number of carbonyl (C=O) groups excluding carboxylic acids is 4. The zero-order valence-electron chi connectivity index (χ0n) is 19.3. The highest BCUT2D eigenvalue weighted by Gasteiger charge is 2.25. The van der Waals surface area contributed by atoms with Crippen molar-refractivity contribution in [3.05, 3.63) is 53.0 Å². The molecule has 0 fully saturated rings. The van der Waals surface area contributed by atoms with Crippen LogP contribution in [0.4, 0.5) is 16.3 Å². The van der Waals surface area contributed by atoms with Gasteiger partial charge in [0.15, 0.2) is 5.82 Å². The molecule has 2 N–H and O–H groups in total. The average Bonchev–Trinajstić information content (AvgIpc) is 3.15. The van der Waals surface area contributed by atoms with Gasteiger partial charge < -0.3 is 20.1 Å². The Labute approximate surface area is 194 Å². The number of hydrogen-bond acceptors (Lipinski definition) is 9. The molecule has 178 valence electrons. The molecule has 2 aromatic heterocycles. The first-order chi connectivity index (χ1) is 16.1. The molecule has 0 radical (unpaired) electrons. The summed E-state index contributed by atoms with van der Waals surface area (Å²) >= 11 is 0. The van der Waals surface area contributed by atoms with Crippen LogP contribution in [0.1, 0.15) is 38.8 Å². The van der Waals surface area contributed by atoms with E-state index in [9.17, 15) is 19.2 Å². The Bertz CT molecular complexity index is 1280. The van der Waals surface area contributed by atoms with E-state index in [1.807, 2.05) is 13.0 Å². The number of carbonyl (C=O) groups is 4. The van der Waals surface area contributed by atoms with E-state index in [2.05, 4.69) is 25.5 Å². The molecule has 12 heteroatoms. The number of benzene rings is 1. The van der Waals surface area contributed by atoms with Crippen LogP contribution in [-0.2, 0) is 14.3 Å². The molecule has 34 heavy (non-hydrogen) atoms. The topological polar surface area (TPSA) is 144 Å². The zero-order valence-corrected chi connectivity index (χ0v) is 19.3. The second kappa shape index (κ2) is 9.98. The van der Waals surface area contributed by atoms with Crippen LogP contribution < -0.4 is 10.6 Å². The van der Waals surface area contributed by atoms with E-state index < -0.39 is 24.8 Å². The van der Waals surface area contributed by atoms with Crippen molar-refractivity contribution < 1.29 is 28.7 Å². The van der Waals surface area contributed by atoms with Gasteiger partial charge in [0.1, 0.15) is 11.8 Å². The van der Waals surface area contributed by atoms with Crippen LogP contribution in [0.5, 0.6) is 0 Å². The summed E-state index contributed by atoms with van der Waals surface area (Å²) in [5, 5.41) is 9.94. The van der Waals surface area contributed by atoms with Gasteiger partial charge >= 0.3 is 12.1 Å². The highest BCUT2D eigenvalue weighted by atomic mass is 16.7. The number of anilines is 2. The molecule has 0 aliphatic heterocycles. The molecule has 0 saturated carbocycles. The van der Waals surface area contributed by atoms with E-state index in [0.717, 1.165) is 10.5 Å². The lowest BCUT2D eigenvalue weighted by Crippen LogP contribution is -2.34. The number of aryl methyl sites for hydroxylation is 2. The fourth-order valence-electron chi connectivity index (χ4n) is 3.16. The number of aromatic nitrogens is 3. The molecule has 0 aliphatic carbocycles. The summed E-state index contributed by atoms with van der Waals surface area (Å²) < 4.78 is 10.8. The van der Waals surface area contributed by atoms with Crippen LogP contribution in [0.25, 0.3) is 5.52 Å². The van der Waals surface area contributed by atoms with Crippen molar-refractivity contribution in [1.82, 2.24) is 24.8 Å². The van der Waals surface area contributed by atoms with Crippen molar-refractivity contribution in [3.63, 3.8) is 0 Å². The largest absolute Gasteiger partial charge is 0.428 e. The molecule has 0 saturated heterocycles. The summed E-state index contributed by atoms with van der Waals surface area (Å²) in [5.41, 5.74) is 3.23. The molecule has 1 aromatic carbocycles. The number of esters is 1. The molecule has 0 unspecified atom stereocenters. The second-order valence-corrected chi connectivity index (χ2v) is 7.33. The third-order valence-electron chi connectivity index (χ3n) is 5.06. The van der Waals surface area contributed by atoms with Gasteiger partial charge in [-0.3, -0.25) is 14.4 Å². The van der Waals surface area contributed by atoms with Crippen LogP contribution in [-0.4, -0.2) is 64.3 Å². The average molecular weight is 468 g/mol. The summed E-state index contributed by atoms with van der Waals surface area (Å²) in [6.45, 7) is 4.14. The van der Waals surface area contributed by atoms with E-state index in [4.69, 9.17) is 4.74 Å². The van der Waals surface area contributed by atoms with Crippen molar-refractivity contribution in [2.24, 2.45) is 0 Å². The van der Waals surface area contributed by atoms with Crippen molar-refractivity contribution >= 4 is 40.9 Å². The summed E-state index contributed by atoms with van der Waals surface area (Å²) in [4.78, 5) is 53.0. The Hall–Kier alpha value is -4.48. The number of amides is 3. The van der Waals surface area contributed by atoms with Crippen molar-refractivity contribution in [2.75, 3.05) is 26.2 Å². The molecule has 0 bridgehead atoms. The Morgan fingerprint density at radius 3 is 2.56 bits per heavy atom. The first-order valence-corrected chi connectivity index (χ1v) is 10.1. The zero-order chi connectivity index (χ0) is 25.0. The molecule has 3 aromatic rings. The van der Waals surface area contributed by atoms with Gasteiger partial charge in [-0.25, -0.2) is 19.2 Å². The van der Waals surface area contributed by atoms with Crippen molar-refractivity contribution in [1.29, 1.82) is 0 Å². The molecular formula is C22H24N6O6. The molecule has 12 nitrogen and oxygen atoms in total. The monoisotopic (exact) mass is 468 g/mol. The Morgan fingerprint density at radius 1 is 1.15 bits per heavy atom. The lowest BCUT2D eigenvalue weighted by molar-refractivity contribution is -0.149. The van der Waals surface area contributed by atoms with Gasteiger partial charge in [-0.2, -0.15) is 5.10 Å². The molecular weight excluding hydrogens is 444 g/mol. The molecule has 0 aliphatic rings. The van der Waals surface area contributed by atoms with Crippen LogP contribution in [0, 0.1) is 13.8 Å². The Morgan fingerprint density at radius 2 is 1.88 bits per heavy atom. The summed E-state index contributed by atoms with van der Waals surface area (Å²) in [5.74, 6) is -1.08. The lowest BCUT2D eigenvalue weighted by atomic mass is 10.1. The van der Waals surface area contributed by atoms with Crippen molar-refractivity contribution in [2.45, 2.75) is 20.8 Å². The molecule has 3 rings (SSSR count). The predicted octanol–water partition coefficient (Wildman–Crippen LogP) is 2.18. The third kappa shape index (κ3) is 4.95. The molecule has 0 atom stereocenters. The van der Waals surface area contributed by atoms with Gasteiger partial charge in [-0.05, 0) is 37.1 Å². The minimum atomic E-state index is -0.980. The SMILES string of the molecule is CNC(=O)c1ccc(C)c(Nc2ncnn3cc(C(=O)N(C)C(=O)OCOC(C)=O)c(C)c23)c1. The Kier molecular flexibility index (Phi) is 7.09. The predicted molar refractivity (Wildman–Crippen MR) is 121 cm³/mol. The minimum absolute atomic E-state index is 0.200. The van der Waals surface area contributed by atoms with Gasteiger partial charge in [0.25, 0.3) is 11.8 Å². The fourth-order valence-corrected chi connectivity index (χ4v) is 3.16. The number of rotatable bonds is 6. The van der Waals surface area contributed by atoms with E-state index in [1.54, 1.807) is 26.1 Å². The van der Waals surface area contributed by atoms with E-state index in [0.29, 0.717) is 28.1 Å². The molecule has 2 heterocycles. The van der Waals surface area contributed by atoms with Gasteiger partial charge in [0.05, 0.1) is 5.56 Å². The Balaban J connectivity index is 1.91. The maximum atomic E-state index is 12.9. The van der Waals surface area contributed by atoms with E-state index in [1.165, 1.54) is 31.0 Å². The number of imide groups is 1. The van der Waals surface area contributed by atoms with Crippen LogP contribution >= 0.6 is 0 Å². The minimum Gasteiger partial charge on any atom is -0.428 e. The first-order valence-electron chi connectivity index (χ1n) is 10.1. The smallest absolute Gasteiger partial charge is 0.419 e. The van der Waals surface area contributed by atoms with E-state index in [-0.39, 0.29) is 11.5 Å². The second-order valence-electron chi connectivity index (χ2n) is 7.33. The summed E-state index contributed by atoms with van der Waals surface area (Å²) in [6.07, 6.45) is 1.81. The lowest BCUT2D eigenvalue weighted by Gasteiger charge is -2.15. The number of nitrogens with zero attached hydrogens (tertiary/aromatic N) is 4. The van der Waals surface area contributed by atoms with E-state index >= 15 is 0 Å². The third-order valence-corrected chi connectivity index (χ3v) is 5.06. The first kappa shape index (κ1) is 24.2. The number of nitrogens with one attached hydrogen (secondary N) is 2. The standard InChI is InChI=1S/C22H24N6O6/c1-12-6-7-15(20(30)23-4)8-17(12)26-19-18-13(2)16(9-28(18)25-10-24-19)21(31)27(5)22(32)34-11-33-14(3)29/h6-10H,11H2,1-5H3,(H,23,30)(H,24,25,26). The number of fused-ring (bicyclic) bond motifs is 1. The van der Waals surface area contributed by atoms with Gasteiger partial charge in [-0.15, -0.1) is 0 Å². The van der Waals surface area contributed by atoms with Gasteiger partial charge in [0.2, 0.25) is 6.79 Å². The summed E-state index contributed by atoms with van der Waals surface area (Å²) in [6, 6.07) is 5.22. The van der Waals surface area contributed by atoms with Crippen molar-refractivity contribution in [3.8, 4) is 0 Å². The highest BCUT2D eigenvalue weighted by Crippen LogP contribution is 2.28. The maximum Gasteiger partial charge on any atom is 0.419 e. The summed E-state index contributed by atoms with van der Waals surface area (Å²) in [7, 11) is 2.80. The molecule has 0 spiro atoms. The highest BCUT2D eigenvalue weighted by molar-refractivity contribution is 6.05. The fraction of sp³-hybridized carbons (Fsp3) is 0.273. The normalized spacial score (nSPS) is 10.5. The van der Waals surface area contributed by atoms with Gasteiger partial charge in [-0.1, -0.05) is 6.07 Å². The molecule has 3 amide bonds. The van der Waals surface area contributed by atoms with Gasteiger partial charge in [0, 0.05) is 38.5 Å². The maximum absolute atomic E-state index is 12.9. The van der Waals surface area contributed by atoms with Crippen LogP contribution in [0.3, 0.4) is 0 Å². The number of ether oxygens (including phenoxy) is 2. The van der Waals surface area contributed by atoms with Crippen LogP contribution in [0.15, 0.2) is 30.7 Å².